The molecule has 0 radical (unpaired) electrons. The molecule has 0 spiro atoms. The van der Waals surface area contributed by atoms with Gasteiger partial charge in [-0.25, -0.2) is 4.98 Å². The largest absolute Gasteiger partial charge is 0.368 e. The van der Waals surface area contributed by atoms with Gasteiger partial charge in [0.2, 0.25) is 5.95 Å². The Bertz CT molecular complexity index is 596. The second-order valence-electron chi connectivity index (χ2n) is 5.49. The van der Waals surface area contributed by atoms with Crippen LogP contribution in [-0.4, -0.2) is 29.1 Å². The van der Waals surface area contributed by atoms with E-state index in [0.29, 0.717) is 12.0 Å². The Balaban J connectivity index is 1.79. The van der Waals surface area contributed by atoms with Gasteiger partial charge in [-0.2, -0.15) is 16.3 Å². The highest BCUT2D eigenvalue weighted by Gasteiger charge is 2.17. The van der Waals surface area contributed by atoms with Gasteiger partial charge >= 0.3 is 0 Å². The van der Waals surface area contributed by atoms with Crippen LogP contribution in [-0.2, 0) is 19.3 Å². The predicted octanol–water partition coefficient (Wildman–Crippen LogP) is 1.85. The maximum absolute atomic E-state index is 5.86. The average Bonchev–Trinajstić information content (AvgIpc) is 2.82. The van der Waals surface area contributed by atoms with Gasteiger partial charge in [-0.1, -0.05) is 0 Å². The molecule has 0 aliphatic carbocycles. The molecule has 0 fully saturated rings. The van der Waals surface area contributed by atoms with Gasteiger partial charge in [0, 0.05) is 24.6 Å². The van der Waals surface area contributed by atoms with Crippen LogP contribution in [0.2, 0.25) is 0 Å². The van der Waals surface area contributed by atoms with E-state index >= 15 is 0 Å². The van der Waals surface area contributed by atoms with Crippen LogP contribution in [0.5, 0.6) is 0 Å². The molecule has 0 bridgehead atoms. The van der Waals surface area contributed by atoms with Crippen LogP contribution in [0.15, 0.2) is 16.8 Å². The third-order valence-corrected chi connectivity index (χ3v) is 4.44. The zero-order valence-electron chi connectivity index (χ0n) is 12.2. The number of rotatable bonds is 4. The molecule has 1 aliphatic rings. The molecule has 5 nitrogen and oxygen atoms in total. The molecule has 4 N–H and O–H groups in total. The maximum atomic E-state index is 5.86. The molecule has 3 heterocycles. The van der Waals surface area contributed by atoms with Crippen molar-refractivity contribution in [3.63, 3.8) is 0 Å². The van der Waals surface area contributed by atoms with Gasteiger partial charge in [-0.15, -0.1) is 0 Å². The Morgan fingerprint density at radius 3 is 3.05 bits per heavy atom. The van der Waals surface area contributed by atoms with Crippen LogP contribution < -0.4 is 16.4 Å². The molecule has 1 unspecified atom stereocenters. The highest BCUT2D eigenvalue weighted by atomic mass is 32.1. The van der Waals surface area contributed by atoms with Crippen LogP contribution in [0.1, 0.15) is 23.7 Å². The van der Waals surface area contributed by atoms with E-state index in [-0.39, 0.29) is 0 Å². The molecule has 1 aliphatic heterocycles. The lowest BCUT2D eigenvalue weighted by Crippen LogP contribution is -2.21. The minimum atomic E-state index is 0.314. The van der Waals surface area contributed by atoms with Gasteiger partial charge in [0.15, 0.2) is 0 Å². The number of thiophene rings is 1. The second kappa shape index (κ2) is 6.41. The van der Waals surface area contributed by atoms with Crippen molar-refractivity contribution in [1.29, 1.82) is 0 Å². The van der Waals surface area contributed by atoms with Crippen molar-refractivity contribution in [2.24, 2.45) is 0 Å². The minimum absolute atomic E-state index is 0.314. The summed E-state index contributed by atoms with van der Waals surface area (Å²) in [5.41, 5.74) is 9.52. The summed E-state index contributed by atoms with van der Waals surface area (Å²) < 4.78 is 0. The first-order valence-electron chi connectivity index (χ1n) is 7.36. The van der Waals surface area contributed by atoms with Crippen molar-refractivity contribution in [2.75, 3.05) is 24.1 Å². The summed E-state index contributed by atoms with van der Waals surface area (Å²) in [7, 11) is 0. The minimum Gasteiger partial charge on any atom is -0.368 e. The fraction of sp³-hybridized carbons (Fsp3) is 0.467. The van der Waals surface area contributed by atoms with E-state index in [0.717, 1.165) is 43.9 Å². The first-order chi connectivity index (χ1) is 10.2. The van der Waals surface area contributed by atoms with Gasteiger partial charge in [-0.3, -0.25) is 0 Å². The van der Waals surface area contributed by atoms with Gasteiger partial charge in [0.05, 0.1) is 5.69 Å². The number of nitrogens with two attached hydrogens (primary N) is 1. The number of nitrogens with one attached hydrogen (secondary N) is 2. The van der Waals surface area contributed by atoms with Crippen molar-refractivity contribution >= 4 is 23.1 Å². The van der Waals surface area contributed by atoms with Gasteiger partial charge < -0.3 is 16.4 Å². The SMILES string of the molecule is CC(Cc1ccsc1)Nc1nc(N)nc2c1CCNCC2. The molecular formula is C15H21N5S. The highest BCUT2D eigenvalue weighted by molar-refractivity contribution is 7.07. The summed E-state index contributed by atoms with van der Waals surface area (Å²) in [5.74, 6) is 1.27. The van der Waals surface area contributed by atoms with Crippen LogP contribution in [0.25, 0.3) is 0 Å². The standard InChI is InChI=1S/C15H21N5S/c1-10(8-11-4-7-21-9-11)18-14-12-2-5-17-6-3-13(12)19-15(16)20-14/h4,7,9-10,17H,2-3,5-6,8H2,1H3,(H3,16,18,19,20). The average molecular weight is 303 g/mol. The monoisotopic (exact) mass is 303 g/mol. The second-order valence-corrected chi connectivity index (χ2v) is 6.27. The first-order valence-corrected chi connectivity index (χ1v) is 8.30. The quantitative estimate of drug-likeness (QED) is 0.803. The number of hydrogen-bond donors (Lipinski definition) is 3. The van der Waals surface area contributed by atoms with E-state index in [4.69, 9.17) is 5.73 Å². The van der Waals surface area contributed by atoms with E-state index in [1.165, 1.54) is 11.1 Å². The number of aromatic nitrogens is 2. The van der Waals surface area contributed by atoms with Crippen LogP contribution in [0.3, 0.4) is 0 Å². The number of hydrogen-bond acceptors (Lipinski definition) is 6. The van der Waals surface area contributed by atoms with Gasteiger partial charge in [-0.05, 0) is 48.7 Å². The third-order valence-electron chi connectivity index (χ3n) is 3.71. The molecule has 6 heteroatoms. The molecular weight excluding hydrogens is 282 g/mol. The summed E-state index contributed by atoms with van der Waals surface area (Å²) in [6.45, 7) is 4.10. The predicted molar refractivity (Wildman–Crippen MR) is 87.8 cm³/mol. The summed E-state index contributed by atoms with van der Waals surface area (Å²) >= 11 is 1.73. The number of nitrogen functional groups attached to an aromatic ring is 1. The summed E-state index contributed by atoms with van der Waals surface area (Å²) in [6, 6.07) is 2.48. The zero-order valence-corrected chi connectivity index (χ0v) is 13.0. The lowest BCUT2D eigenvalue weighted by Gasteiger charge is -2.18. The van der Waals surface area contributed by atoms with Crippen molar-refractivity contribution in [3.05, 3.63) is 33.6 Å². The smallest absolute Gasteiger partial charge is 0.222 e. The van der Waals surface area contributed by atoms with Crippen molar-refractivity contribution in [2.45, 2.75) is 32.2 Å². The van der Waals surface area contributed by atoms with E-state index in [1.54, 1.807) is 11.3 Å². The molecule has 0 amide bonds. The maximum Gasteiger partial charge on any atom is 0.222 e. The fourth-order valence-corrected chi connectivity index (χ4v) is 3.41. The van der Waals surface area contributed by atoms with Crippen LogP contribution in [0, 0.1) is 0 Å². The van der Waals surface area contributed by atoms with Crippen LogP contribution in [0.4, 0.5) is 11.8 Å². The lowest BCUT2D eigenvalue weighted by molar-refractivity contribution is 0.708. The fourth-order valence-electron chi connectivity index (χ4n) is 2.73. The molecule has 0 saturated heterocycles. The summed E-state index contributed by atoms with van der Waals surface area (Å²) in [6.07, 6.45) is 2.85. The summed E-state index contributed by atoms with van der Waals surface area (Å²) in [5, 5.41) is 11.2. The van der Waals surface area contributed by atoms with Gasteiger partial charge in [0.25, 0.3) is 0 Å². The topological polar surface area (TPSA) is 75.9 Å². The third kappa shape index (κ3) is 3.51. The van der Waals surface area contributed by atoms with Gasteiger partial charge in [0.1, 0.15) is 5.82 Å². The Kier molecular flexibility index (Phi) is 4.36. The first kappa shape index (κ1) is 14.3. The molecule has 2 aromatic heterocycles. The summed E-state index contributed by atoms with van der Waals surface area (Å²) in [4.78, 5) is 8.83. The number of anilines is 2. The normalized spacial score (nSPS) is 16.0. The zero-order chi connectivity index (χ0) is 14.7. The molecule has 0 saturated carbocycles. The Labute approximate surface area is 129 Å². The van der Waals surface area contributed by atoms with E-state index in [2.05, 4.69) is 44.4 Å². The molecule has 0 aromatic carbocycles. The molecule has 2 aromatic rings. The Morgan fingerprint density at radius 1 is 1.38 bits per heavy atom. The molecule has 1 atom stereocenters. The van der Waals surface area contributed by atoms with Crippen LogP contribution >= 0.6 is 11.3 Å². The van der Waals surface area contributed by atoms with Crippen molar-refractivity contribution < 1.29 is 0 Å². The highest BCUT2D eigenvalue weighted by Crippen LogP contribution is 2.22. The number of nitrogens with zero attached hydrogens (tertiary/aromatic N) is 2. The Morgan fingerprint density at radius 2 is 2.24 bits per heavy atom. The molecule has 3 rings (SSSR count). The van der Waals surface area contributed by atoms with Crippen molar-refractivity contribution in [3.8, 4) is 0 Å². The number of fused-ring (bicyclic) bond motifs is 1. The lowest BCUT2D eigenvalue weighted by atomic mass is 10.1. The van der Waals surface area contributed by atoms with Crippen molar-refractivity contribution in [1.82, 2.24) is 15.3 Å². The van der Waals surface area contributed by atoms with E-state index < -0.39 is 0 Å². The Hall–Kier alpha value is -1.66. The molecule has 21 heavy (non-hydrogen) atoms. The van der Waals surface area contributed by atoms with E-state index in [9.17, 15) is 0 Å². The van der Waals surface area contributed by atoms with E-state index in [1.807, 2.05) is 0 Å². The molecule has 112 valence electrons.